The van der Waals surface area contributed by atoms with Gasteiger partial charge in [0.2, 0.25) is 0 Å². The third-order valence-corrected chi connectivity index (χ3v) is 38.2. The third-order valence-electron chi connectivity index (χ3n) is 18.7. The first-order valence-electron chi connectivity index (χ1n) is 33.3. The lowest BCUT2D eigenvalue weighted by Gasteiger charge is -2.46. The van der Waals surface area contributed by atoms with Gasteiger partial charge in [0.1, 0.15) is 29.0 Å². The maximum atomic E-state index is 12.5. The van der Waals surface area contributed by atoms with Crippen LogP contribution in [0.2, 0.25) is 36.3 Å². The number of aliphatic hydroxyl groups excluding tert-OH is 3. The van der Waals surface area contributed by atoms with Crippen LogP contribution in [0.1, 0.15) is 226 Å². The van der Waals surface area contributed by atoms with E-state index in [1.54, 1.807) is 17.7 Å². The predicted octanol–water partition coefficient (Wildman–Crippen LogP) is 11.9. The van der Waals surface area contributed by atoms with Gasteiger partial charge in [-0.05, 0) is 116 Å². The Morgan fingerprint density at radius 1 is 0.648 bits per heavy atom. The third kappa shape index (κ3) is 29.0. The van der Waals surface area contributed by atoms with Crippen molar-refractivity contribution < 1.29 is 62.3 Å². The Balaban J connectivity index is -0.00000124. The maximum absolute atomic E-state index is 12.5. The standard InChI is InChI=1S/C18H33N3O4Si.C18H32N2O4Si.C15H23ClO2S.C10H15N3O6.C2H6.CH4O.2CH4.S6.S4/c1-9-13-12(2)18(6,25-26(7,8)17(3,4)5)15(24-13)21-11-10-14(20-23)19-16(21)22;1-9-13-12(2)18(6,24-25(7,8)17(3,4)5)15(23-13)20-11-10-14(21)19-16(20)22;1-9(2)12-7-13(10(3)4)15(19(16,17)18)14(8-12)11(5)6;1-10(17)7(15)5(4-14)19-8(10)13-3-2-6(12-18)11-9(13)16;2*1-2;;;1-3-5-6-4-2;1-3-4-2/h10-13,15,23H,9H2,1-8H3,(H,19,20,22);10-13,15H,9H2,1-8H3,(H,19,21,22);7-11H,1-6H3;2-3,5,7-8,14-15,17-18H,4H2,1H3,(H,11,12,16);1-2H3;2H,1H3;2*1H4;;/t2*12-,13+,15+,18?;;5-,7+,8-,10?;;;;;;/m00.1....../s1. The van der Waals surface area contributed by atoms with E-state index in [9.17, 15) is 37.8 Å². The summed E-state index contributed by atoms with van der Waals surface area (Å²) >= 11 is 17.7. The molecule has 105 heavy (non-hydrogen) atoms. The topological polar surface area (TPSA) is 350 Å². The molecule has 3 aliphatic rings. The largest absolute Gasteiger partial charge is 0.407 e. The number of hydrogen-bond acceptors (Lipinski definition) is 25. The molecule has 608 valence electrons. The van der Waals surface area contributed by atoms with Crippen LogP contribution < -0.4 is 33.6 Å². The average molecular weight is 1740 g/mol. The van der Waals surface area contributed by atoms with Crippen LogP contribution in [0.25, 0.3) is 0 Å². The number of aliphatic hydroxyl groups is 4. The van der Waals surface area contributed by atoms with Gasteiger partial charge in [-0.3, -0.25) is 44.9 Å². The van der Waals surface area contributed by atoms with Gasteiger partial charge < -0.3 is 43.5 Å². The summed E-state index contributed by atoms with van der Waals surface area (Å²) in [4.78, 5) is 58.0. The zero-order valence-corrected chi connectivity index (χ0v) is 75.7. The molecule has 3 fully saturated rings. The molecule has 3 saturated heterocycles. The van der Waals surface area contributed by atoms with Gasteiger partial charge in [0.05, 0.1) is 23.7 Å². The Kier molecular flexibility index (Phi) is 48.1. The highest BCUT2D eigenvalue weighted by Crippen LogP contribution is 2.52. The molecule has 25 nitrogen and oxygen atoms in total. The molecule has 3 aliphatic heterocycles. The van der Waals surface area contributed by atoms with Gasteiger partial charge >= 0.3 is 17.1 Å². The molecule has 0 bridgehead atoms. The molecule has 4 aromatic rings. The summed E-state index contributed by atoms with van der Waals surface area (Å²) in [5.41, 5.74) is 1.24. The number of hydrogen-bond donors (Lipinski definition) is 9. The van der Waals surface area contributed by atoms with Crippen LogP contribution in [-0.4, -0.2) is 139 Å². The van der Waals surface area contributed by atoms with Crippen molar-refractivity contribution in [3.05, 3.63) is 107 Å². The predicted molar refractivity (Wildman–Crippen MR) is 455 cm³/mol. The van der Waals surface area contributed by atoms with Gasteiger partial charge in [0, 0.05) is 152 Å². The number of H-pyrrole nitrogens is 1. The van der Waals surface area contributed by atoms with Crippen molar-refractivity contribution in [2.75, 3.05) is 24.7 Å². The minimum absolute atomic E-state index is 0. The lowest BCUT2D eigenvalue weighted by molar-refractivity contribution is -0.0987. The molecule has 0 spiro atoms. The highest BCUT2D eigenvalue weighted by atomic mass is 35.7. The van der Waals surface area contributed by atoms with Gasteiger partial charge in [-0.1, -0.05) is 152 Å². The summed E-state index contributed by atoms with van der Waals surface area (Å²) in [5.74, 6) is 0.903. The van der Waals surface area contributed by atoms with Crippen LogP contribution in [0.5, 0.6) is 0 Å². The van der Waals surface area contributed by atoms with Crippen LogP contribution in [0.3, 0.4) is 0 Å². The van der Waals surface area contributed by atoms with E-state index in [0.29, 0.717) is 10.8 Å². The summed E-state index contributed by atoms with van der Waals surface area (Å²) in [6, 6.07) is 8.15. The molecule has 3 unspecified atom stereocenters. The Morgan fingerprint density at radius 3 is 1.26 bits per heavy atom. The Morgan fingerprint density at radius 2 is 0.990 bits per heavy atom. The normalized spacial score (nSPS) is 23.9. The fourth-order valence-corrected chi connectivity index (χ4v) is 21.4. The van der Waals surface area contributed by atoms with Crippen molar-refractivity contribution in [1.82, 2.24) is 28.7 Å². The highest BCUT2D eigenvalue weighted by molar-refractivity contribution is 8.64. The van der Waals surface area contributed by atoms with Gasteiger partial charge in [-0.25, -0.2) is 22.8 Å². The van der Waals surface area contributed by atoms with Gasteiger partial charge in [-0.15, -0.1) is 0 Å². The quantitative estimate of drug-likeness (QED) is 0.0286. The van der Waals surface area contributed by atoms with E-state index in [0.717, 1.165) is 41.2 Å². The number of rotatable bonds is 16. The fourth-order valence-electron chi connectivity index (χ4n) is 10.8. The molecular formula is C66H121ClN8O17S11Si2. The molecule has 0 saturated carbocycles. The second-order valence-corrected chi connectivity index (χ2v) is 51.1. The SMILES string of the molecule is C.C.CC.CC(C)c1cc(C(C)C)c(S(=O)(=O)Cl)c(C(C)C)c1.CC1(O)[C@@H](O)[C@@H](CO)O[C@H]1n1ccc(NO)nc1=O.CC[C@H]1O[C@@H](n2ccc(=O)[nH]c2=O)C(C)(O[Si](C)(C)C(C)(C)C)[C@H]1C.CC[C@H]1O[C@@H](n2ccc(NO)nc2=O)C(C)(O[Si](C)(C)C(C)(C)C)[C@H]1C.CO.S=S=S=S.S=S=S=S=S=S. The van der Waals surface area contributed by atoms with Crippen LogP contribution >= 0.6 is 10.7 Å². The Bertz CT molecular complexity index is 3940. The van der Waals surface area contributed by atoms with Gasteiger partial charge in [-0.2, -0.15) is 9.97 Å². The van der Waals surface area contributed by atoms with Crippen LogP contribution in [-0.2, 0) is 130 Å². The van der Waals surface area contributed by atoms with Crippen LogP contribution in [0, 0.1) is 11.8 Å². The lowest BCUT2D eigenvalue weighted by Crippen LogP contribution is -2.54. The summed E-state index contributed by atoms with van der Waals surface area (Å²) in [5, 5.41) is 53.7. The van der Waals surface area contributed by atoms with Crippen LogP contribution in [0.15, 0.2) is 73.0 Å². The van der Waals surface area contributed by atoms with Crippen molar-refractivity contribution in [3.63, 3.8) is 0 Å². The first-order chi connectivity index (χ1) is 47.5. The summed E-state index contributed by atoms with van der Waals surface area (Å²) in [7, 11) is 6.71. The number of aromatic amines is 1. The van der Waals surface area contributed by atoms with Crippen molar-refractivity contribution in [3.8, 4) is 0 Å². The molecule has 39 heteroatoms. The molecule has 0 amide bonds. The summed E-state index contributed by atoms with van der Waals surface area (Å²) < 4.78 is 59.2. The monoisotopic (exact) mass is 1740 g/mol. The second kappa shape index (κ2) is 47.3. The number of aromatic nitrogens is 6. The average Bonchev–Trinajstić information content (AvgIpc) is 1.62. The molecule has 6 heterocycles. The second-order valence-electron chi connectivity index (χ2n) is 28.5. The minimum atomic E-state index is -3.72. The van der Waals surface area contributed by atoms with Crippen molar-refractivity contribution in [1.29, 1.82) is 0 Å². The fraction of sp³-hybridized carbons (Fsp3) is 0.727. The molecule has 9 N–H and O–H groups in total. The first-order valence-corrected chi connectivity index (χ1v) is 52.0. The lowest BCUT2D eigenvalue weighted by atomic mass is 9.87. The number of anilines is 2. The summed E-state index contributed by atoms with van der Waals surface area (Å²) in [6.07, 6.45) is 1.37. The molecule has 3 aromatic heterocycles. The maximum Gasteiger partial charge on any atom is 0.351 e. The minimum Gasteiger partial charge on any atom is -0.407 e. The Labute approximate surface area is 667 Å². The number of ether oxygens (including phenoxy) is 3. The van der Waals surface area contributed by atoms with Crippen molar-refractivity contribution in [2.24, 2.45) is 11.8 Å². The van der Waals surface area contributed by atoms with E-state index >= 15 is 0 Å². The molecule has 0 radical (unpaired) electrons. The van der Waals surface area contributed by atoms with E-state index in [2.05, 4.69) is 169 Å². The Hall–Kier alpha value is -2.31. The first kappa shape index (κ1) is 107. The number of nitrogens with zero attached hydrogens (tertiary/aromatic N) is 5. The van der Waals surface area contributed by atoms with Crippen molar-refractivity contribution in [2.45, 2.75) is 292 Å². The van der Waals surface area contributed by atoms with E-state index in [4.69, 9.17) is 54.4 Å². The van der Waals surface area contributed by atoms with Crippen LogP contribution in [0.4, 0.5) is 11.6 Å². The molecule has 1 aromatic carbocycles. The number of halogens is 1. The van der Waals surface area contributed by atoms with Gasteiger partial charge in [0.15, 0.2) is 47.0 Å². The number of benzene rings is 1. The zero-order chi connectivity index (χ0) is 80.5. The highest BCUT2D eigenvalue weighted by Gasteiger charge is 2.59. The van der Waals surface area contributed by atoms with E-state index in [-0.39, 0.29) is 72.4 Å². The molecule has 7 rings (SSSR count). The van der Waals surface area contributed by atoms with E-state index in [1.165, 1.54) is 93.9 Å². The van der Waals surface area contributed by atoms with Gasteiger partial charge in [0.25, 0.3) is 14.6 Å². The van der Waals surface area contributed by atoms with E-state index in [1.807, 2.05) is 73.0 Å². The smallest absolute Gasteiger partial charge is 0.351 e. The number of nitrogens with one attached hydrogen (secondary N) is 3. The summed E-state index contributed by atoms with van der Waals surface area (Å²) in [6.45, 7) is 51.5. The molecule has 12 atom stereocenters. The zero-order valence-electron chi connectivity index (χ0n) is 63.9. The molecular weight excluding hydrogens is 1620 g/mol. The van der Waals surface area contributed by atoms with Crippen molar-refractivity contribution >= 4 is 146 Å². The molecule has 0 aliphatic carbocycles. The van der Waals surface area contributed by atoms with E-state index < -0.39 is 103 Å².